The first kappa shape index (κ1) is 17.4. The Morgan fingerprint density at radius 2 is 1.61 bits per heavy atom. The van der Waals surface area contributed by atoms with Crippen LogP contribution in [0.5, 0.6) is 5.75 Å². The highest BCUT2D eigenvalue weighted by Gasteiger charge is 2.48. The van der Waals surface area contributed by atoms with E-state index in [9.17, 15) is 0 Å². The average Bonchev–Trinajstić information content (AvgIpc) is 2.81. The summed E-state index contributed by atoms with van der Waals surface area (Å²) in [5.74, 6) is 1.51. The molecule has 0 aromatic heterocycles. The summed E-state index contributed by atoms with van der Waals surface area (Å²) in [6.45, 7) is 2.18. The van der Waals surface area contributed by atoms with Gasteiger partial charge in [-0.25, -0.2) is 0 Å². The number of benzene rings is 2. The maximum Gasteiger partial charge on any atom is 0.118 e. The van der Waals surface area contributed by atoms with Crippen molar-refractivity contribution in [2.24, 2.45) is 0 Å². The van der Waals surface area contributed by atoms with Crippen LogP contribution in [0.25, 0.3) is 0 Å². The monoisotopic (exact) mass is 330 g/mol. The second-order valence-electron chi connectivity index (χ2n) is 6.01. The minimum absolute atomic E-state index is 0. The molecule has 122 valence electrons. The van der Waals surface area contributed by atoms with Crippen molar-refractivity contribution in [2.75, 3.05) is 14.2 Å². The highest BCUT2D eigenvalue weighted by Crippen LogP contribution is 2.44. The number of nitrogens with one attached hydrogen (secondary N) is 1. The van der Waals surface area contributed by atoms with Crippen LogP contribution >= 0.6 is 12.4 Å². The van der Waals surface area contributed by atoms with Gasteiger partial charge in [0.2, 0.25) is 0 Å². The van der Waals surface area contributed by atoms with Crippen LogP contribution in [0, 0.1) is 5.41 Å². The van der Waals surface area contributed by atoms with Gasteiger partial charge in [0.05, 0.1) is 12.5 Å². The molecule has 1 aliphatic heterocycles. The van der Waals surface area contributed by atoms with Crippen molar-refractivity contribution >= 4 is 18.2 Å². The van der Waals surface area contributed by atoms with Gasteiger partial charge < -0.3 is 9.64 Å². The third kappa shape index (κ3) is 2.70. The van der Waals surface area contributed by atoms with Gasteiger partial charge in [-0.3, -0.25) is 5.41 Å². The molecule has 1 saturated heterocycles. The number of rotatable bonds is 3. The van der Waals surface area contributed by atoms with Gasteiger partial charge in [-0.2, -0.15) is 0 Å². The number of amidine groups is 1. The van der Waals surface area contributed by atoms with E-state index in [0.717, 1.165) is 17.7 Å². The smallest absolute Gasteiger partial charge is 0.118 e. The van der Waals surface area contributed by atoms with E-state index in [4.69, 9.17) is 10.1 Å². The number of likely N-dealkylation sites (tertiary alicyclic amines) is 1. The van der Waals surface area contributed by atoms with Gasteiger partial charge in [-0.1, -0.05) is 42.5 Å². The molecule has 2 aromatic carbocycles. The molecule has 1 aliphatic rings. The number of ether oxygens (including phenoxy) is 1. The molecule has 3 rings (SSSR count). The van der Waals surface area contributed by atoms with E-state index < -0.39 is 0 Å². The lowest BCUT2D eigenvalue weighted by Gasteiger charge is -2.31. The van der Waals surface area contributed by atoms with Gasteiger partial charge in [0.15, 0.2) is 0 Å². The average molecular weight is 331 g/mol. The lowest BCUT2D eigenvalue weighted by atomic mass is 9.72. The molecule has 4 heteroatoms. The van der Waals surface area contributed by atoms with Crippen molar-refractivity contribution in [2.45, 2.75) is 24.8 Å². The zero-order valence-electron chi connectivity index (χ0n) is 13.7. The SMILES string of the molecule is COc1ccc(C2(c3ccccc3)CC(C)N(C)C2=N)cc1.Cl. The lowest BCUT2D eigenvalue weighted by molar-refractivity contribution is 0.412. The Bertz CT molecular complexity index is 672. The number of methoxy groups -OCH3 is 1. The highest BCUT2D eigenvalue weighted by molar-refractivity contribution is 5.96. The number of hydrogen-bond donors (Lipinski definition) is 1. The van der Waals surface area contributed by atoms with Gasteiger partial charge in [-0.15, -0.1) is 12.4 Å². The molecule has 0 amide bonds. The third-order valence-electron chi connectivity index (χ3n) is 4.87. The van der Waals surface area contributed by atoms with Crippen LogP contribution in [0.3, 0.4) is 0 Å². The molecular weight excluding hydrogens is 308 g/mol. The van der Waals surface area contributed by atoms with Crippen molar-refractivity contribution in [1.82, 2.24) is 4.90 Å². The molecular formula is C19H23ClN2O. The predicted molar refractivity (Wildman–Crippen MR) is 97.0 cm³/mol. The standard InChI is InChI=1S/C19H22N2O.ClH/c1-14-13-19(18(20)21(14)2,15-7-5-4-6-8-15)16-9-11-17(22-3)12-10-16;/h4-12,14,20H,13H2,1-3H3;1H. The number of halogens is 1. The van der Waals surface area contributed by atoms with E-state index >= 15 is 0 Å². The normalized spacial score (nSPS) is 23.5. The number of hydrogen-bond acceptors (Lipinski definition) is 2. The molecule has 2 atom stereocenters. The minimum Gasteiger partial charge on any atom is -0.497 e. The van der Waals surface area contributed by atoms with Crippen molar-refractivity contribution in [3.8, 4) is 5.75 Å². The summed E-state index contributed by atoms with van der Waals surface area (Å²) in [6.07, 6.45) is 0.915. The third-order valence-corrected chi connectivity index (χ3v) is 4.87. The molecule has 0 saturated carbocycles. The molecule has 0 bridgehead atoms. The molecule has 1 heterocycles. The van der Waals surface area contributed by atoms with Crippen molar-refractivity contribution in [1.29, 1.82) is 5.41 Å². The van der Waals surface area contributed by atoms with Crippen LogP contribution in [-0.4, -0.2) is 30.9 Å². The Balaban J connectivity index is 0.00000192. The van der Waals surface area contributed by atoms with Crippen LogP contribution < -0.4 is 4.74 Å². The van der Waals surface area contributed by atoms with Gasteiger partial charge in [0, 0.05) is 13.1 Å². The highest BCUT2D eigenvalue weighted by atomic mass is 35.5. The summed E-state index contributed by atoms with van der Waals surface area (Å²) in [4.78, 5) is 2.08. The second kappa shape index (κ2) is 6.63. The first-order chi connectivity index (χ1) is 10.6. The van der Waals surface area contributed by atoms with E-state index in [1.807, 2.05) is 25.2 Å². The molecule has 0 aliphatic carbocycles. The Morgan fingerprint density at radius 1 is 1.04 bits per heavy atom. The van der Waals surface area contributed by atoms with Crippen molar-refractivity contribution in [3.05, 3.63) is 65.7 Å². The molecule has 2 aromatic rings. The summed E-state index contributed by atoms with van der Waals surface area (Å²) >= 11 is 0. The number of nitrogens with zero attached hydrogens (tertiary/aromatic N) is 1. The fraction of sp³-hybridized carbons (Fsp3) is 0.316. The van der Waals surface area contributed by atoms with E-state index in [-0.39, 0.29) is 17.8 Å². The first-order valence-electron chi connectivity index (χ1n) is 7.61. The molecule has 2 unspecified atom stereocenters. The molecule has 1 fully saturated rings. The summed E-state index contributed by atoms with van der Waals surface area (Å²) in [5.41, 5.74) is 1.96. The number of likely N-dealkylation sites (N-methyl/N-ethyl adjacent to an activating group) is 1. The Hall–Kier alpha value is -2.00. The van der Waals surface area contributed by atoms with Gasteiger partial charge in [0.1, 0.15) is 11.6 Å². The maximum absolute atomic E-state index is 8.76. The van der Waals surface area contributed by atoms with Crippen LogP contribution in [0.2, 0.25) is 0 Å². The van der Waals surface area contributed by atoms with E-state index in [1.165, 1.54) is 5.56 Å². The van der Waals surface area contributed by atoms with E-state index in [1.54, 1.807) is 7.11 Å². The topological polar surface area (TPSA) is 36.3 Å². The van der Waals surface area contributed by atoms with Crippen LogP contribution in [0.15, 0.2) is 54.6 Å². The Kier molecular flexibility index (Phi) is 5.00. The fourth-order valence-corrected chi connectivity index (χ4v) is 3.47. The van der Waals surface area contributed by atoms with E-state index in [2.05, 4.69) is 48.2 Å². The molecule has 1 N–H and O–H groups in total. The van der Waals surface area contributed by atoms with Crippen LogP contribution in [0.4, 0.5) is 0 Å². The van der Waals surface area contributed by atoms with Crippen LogP contribution in [-0.2, 0) is 5.41 Å². The zero-order valence-corrected chi connectivity index (χ0v) is 14.6. The summed E-state index contributed by atoms with van der Waals surface area (Å²) in [7, 11) is 3.69. The van der Waals surface area contributed by atoms with Gasteiger partial charge in [0.25, 0.3) is 0 Å². The zero-order chi connectivity index (χ0) is 15.7. The fourth-order valence-electron chi connectivity index (χ4n) is 3.47. The summed E-state index contributed by atoms with van der Waals surface area (Å²) in [6, 6.07) is 18.9. The summed E-state index contributed by atoms with van der Waals surface area (Å²) < 4.78 is 5.28. The molecule has 23 heavy (non-hydrogen) atoms. The minimum atomic E-state index is -0.373. The van der Waals surface area contributed by atoms with Gasteiger partial charge in [-0.05, 0) is 36.6 Å². The van der Waals surface area contributed by atoms with Gasteiger partial charge >= 0.3 is 0 Å². The lowest BCUT2D eigenvalue weighted by Crippen LogP contribution is -2.37. The maximum atomic E-state index is 8.76. The molecule has 0 spiro atoms. The van der Waals surface area contributed by atoms with Crippen LogP contribution in [0.1, 0.15) is 24.5 Å². The quantitative estimate of drug-likeness (QED) is 0.919. The largest absolute Gasteiger partial charge is 0.497 e. The second-order valence-corrected chi connectivity index (χ2v) is 6.01. The Labute approximate surface area is 144 Å². The Morgan fingerprint density at radius 3 is 2.09 bits per heavy atom. The first-order valence-corrected chi connectivity index (χ1v) is 7.61. The summed E-state index contributed by atoms with van der Waals surface area (Å²) in [5, 5.41) is 8.76. The molecule has 3 nitrogen and oxygen atoms in total. The van der Waals surface area contributed by atoms with Crippen molar-refractivity contribution in [3.63, 3.8) is 0 Å². The van der Waals surface area contributed by atoms with Crippen molar-refractivity contribution < 1.29 is 4.74 Å². The molecule has 0 radical (unpaired) electrons. The van der Waals surface area contributed by atoms with E-state index in [0.29, 0.717) is 11.9 Å². The predicted octanol–water partition coefficient (Wildman–Crippen LogP) is 4.10.